The maximum Gasteiger partial charge on any atom is 0.248 e. The fourth-order valence-corrected chi connectivity index (χ4v) is 1.66. The van der Waals surface area contributed by atoms with Crippen LogP contribution in [0.4, 0.5) is 0 Å². The van der Waals surface area contributed by atoms with Gasteiger partial charge in [-0.15, -0.1) is 0 Å². The summed E-state index contributed by atoms with van der Waals surface area (Å²) < 4.78 is 5.44. The second-order valence-corrected chi connectivity index (χ2v) is 5.04. The molecule has 0 atom stereocenters. The van der Waals surface area contributed by atoms with Crippen LogP contribution in [0.15, 0.2) is 24.3 Å². The molecule has 21 heavy (non-hydrogen) atoms. The van der Waals surface area contributed by atoms with E-state index in [1.54, 1.807) is 36.2 Å². The monoisotopic (exact) mass is 309 g/mol. The number of benzene rings is 1. The summed E-state index contributed by atoms with van der Waals surface area (Å²) in [7, 11) is 1.70. The summed E-state index contributed by atoms with van der Waals surface area (Å²) in [6.07, 6.45) is 0.762. The molecule has 0 heterocycles. The van der Waals surface area contributed by atoms with Gasteiger partial charge >= 0.3 is 0 Å². The standard InChI is InChI=1S/C14H19N3O3S/c1-17(8-6-12(15)21)13(18)7-9-20-11-4-2-10(3-5-11)14(16)19/h2-5H,6-9H2,1H3,(H2,15,21)(H2,16,19). The lowest BCUT2D eigenvalue weighted by Gasteiger charge is -2.16. The van der Waals surface area contributed by atoms with Crippen molar-refractivity contribution in [3.63, 3.8) is 0 Å². The van der Waals surface area contributed by atoms with Crippen molar-refractivity contribution in [1.29, 1.82) is 0 Å². The third kappa shape index (κ3) is 6.22. The van der Waals surface area contributed by atoms with Gasteiger partial charge in [0, 0.05) is 25.6 Å². The van der Waals surface area contributed by atoms with Gasteiger partial charge in [-0.05, 0) is 24.3 Å². The predicted molar refractivity (Wildman–Crippen MR) is 84.1 cm³/mol. The zero-order chi connectivity index (χ0) is 15.8. The van der Waals surface area contributed by atoms with E-state index in [2.05, 4.69) is 0 Å². The lowest BCUT2D eigenvalue weighted by molar-refractivity contribution is -0.130. The number of carbonyl (C=O) groups is 2. The third-order valence-electron chi connectivity index (χ3n) is 2.84. The van der Waals surface area contributed by atoms with E-state index in [1.165, 1.54) is 0 Å². The van der Waals surface area contributed by atoms with Crippen LogP contribution in [0.3, 0.4) is 0 Å². The summed E-state index contributed by atoms with van der Waals surface area (Å²) in [5.41, 5.74) is 10.9. The first-order chi connectivity index (χ1) is 9.90. The van der Waals surface area contributed by atoms with E-state index in [-0.39, 0.29) is 18.9 Å². The van der Waals surface area contributed by atoms with Gasteiger partial charge in [-0.25, -0.2) is 0 Å². The molecule has 1 aromatic carbocycles. The zero-order valence-corrected chi connectivity index (χ0v) is 12.7. The second-order valence-electron chi connectivity index (χ2n) is 4.52. The van der Waals surface area contributed by atoms with E-state index < -0.39 is 5.91 Å². The minimum Gasteiger partial charge on any atom is -0.493 e. The molecule has 6 nitrogen and oxygen atoms in total. The molecule has 7 heteroatoms. The molecule has 0 aliphatic heterocycles. The van der Waals surface area contributed by atoms with Gasteiger partial charge in [0.1, 0.15) is 5.75 Å². The molecule has 1 aromatic rings. The van der Waals surface area contributed by atoms with Crippen molar-refractivity contribution in [2.24, 2.45) is 11.5 Å². The van der Waals surface area contributed by atoms with Crippen LogP contribution >= 0.6 is 12.2 Å². The summed E-state index contributed by atoms with van der Waals surface area (Å²) in [4.78, 5) is 24.7. The molecule has 1 rings (SSSR count). The highest BCUT2D eigenvalue weighted by Crippen LogP contribution is 2.12. The molecule has 2 amide bonds. The minimum absolute atomic E-state index is 0.0417. The van der Waals surface area contributed by atoms with Crippen molar-refractivity contribution < 1.29 is 14.3 Å². The number of nitrogens with two attached hydrogens (primary N) is 2. The quantitative estimate of drug-likeness (QED) is 0.688. The number of ether oxygens (including phenoxy) is 1. The number of thiocarbonyl (C=S) groups is 1. The summed E-state index contributed by atoms with van der Waals surface area (Å²) >= 11 is 4.76. The highest BCUT2D eigenvalue weighted by atomic mass is 32.1. The number of carbonyl (C=O) groups excluding carboxylic acids is 2. The van der Waals surface area contributed by atoms with E-state index in [0.717, 1.165) is 0 Å². The van der Waals surface area contributed by atoms with Crippen molar-refractivity contribution in [1.82, 2.24) is 4.90 Å². The maximum atomic E-state index is 11.8. The van der Waals surface area contributed by atoms with Gasteiger partial charge in [-0.2, -0.15) is 0 Å². The minimum atomic E-state index is -0.490. The third-order valence-corrected chi connectivity index (χ3v) is 3.05. The Labute approximate surface area is 129 Å². The lowest BCUT2D eigenvalue weighted by atomic mass is 10.2. The van der Waals surface area contributed by atoms with E-state index in [0.29, 0.717) is 29.3 Å². The predicted octanol–water partition coefficient (Wildman–Crippen LogP) is 0.689. The first-order valence-corrected chi connectivity index (χ1v) is 6.86. The molecule has 0 saturated carbocycles. The van der Waals surface area contributed by atoms with Gasteiger partial charge in [0.15, 0.2) is 0 Å². The van der Waals surface area contributed by atoms with Crippen LogP contribution < -0.4 is 16.2 Å². The molecule has 0 saturated heterocycles. The van der Waals surface area contributed by atoms with E-state index in [1.807, 2.05) is 0 Å². The highest BCUT2D eigenvalue weighted by molar-refractivity contribution is 7.80. The highest BCUT2D eigenvalue weighted by Gasteiger charge is 2.09. The fraction of sp³-hybridized carbons (Fsp3) is 0.357. The summed E-state index contributed by atoms with van der Waals surface area (Å²) in [5.74, 6) is 0.0507. The number of hydrogen-bond donors (Lipinski definition) is 2. The van der Waals surface area contributed by atoms with E-state index in [9.17, 15) is 9.59 Å². The van der Waals surface area contributed by atoms with Crippen molar-refractivity contribution >= 4 is 29.0 Å². The Kier molecular flexibility index (Phi) is 6.61. The van der Waals surface area contributed by atoms with Crippen molar-refractivity contribution in [2.75, 3.05) is 20.2 Å². The van der Waals surface area contributed by atoms with E-state index in [4.69, 9.17) is 28.4 Å². The molecule has 0 bridgehead atoms. The molecule has 0 aliphatic carbocycles. The smallest absolute Gasteiger partial charge is 0.248 e. The summed E-state index contributed by atoms with van der Waals surface area (Å²) in [6, 6.07) is 6.43. The van der Waals surface area contributed by atoms with Crippen LogP contribution in [0.1, 0.15) is 23.2 Å². The van der Waals surface area contributed by atoms with Crippen LogP contribution in [-0.2, 0) is 4.79 Å². The fourth-order valence-electron chi connectivity index (χ4n) is 1.57. The van der Waals surface area contributed by atoms with Gasteiger partial charge in [0.05, 0.1) is 18.0 Å². The van der Waals surface area contributed by atoms with Crippen molar-refractivity contribution in [3.05, 3.63) is 29.8 Å². The molecular weight excluding hydrogens is 290 g/mol. The average molecular weight is 309 g/mol. The van der Waals surface area contributed by atoms with Crippen molar-refractivity contribution in [3.8, 4) is 5.75 Å². The van der Waals surface area contributed by atoms with Crippen LogP contribution in [-0.4, -0.2) is 41.9 Å². The average Bonchev–Trinajstić information content (AvgIpc) is 2.45. The lowest BCUT2D eigenvalue weighted by Crippen LogP contribution is -2.30. The number of primary amides is 1. The first-order valence-electron chi connectivity index (χ1n) is 6.45. The largest absolute Gasteiger partial charge is 0.493 e. The Morgan fingerprint density at radius 1 is 1.19 bits per heavy atom. The van der Waals surface area contributed by atoms with Crippen LogP contribution in [0.2, 0.25) is 0 Å². The Morgan fingerprint density at radius 3 is 2.33 bits per heavy atom. The van der Waals surface area contributed by atoms with Gasteiger partial charge in [0.2, 0.25) is 11.8 Å². The second kappa shape index (κ2) is 8.21. The molecule has 114 valence electrons. The molecule has 4 N–H and O–H groups in total. The topological polar surface area (TPSA) is 98.7 Å². The molecule has 0 aromatic heterocycles. The van der Waals surface area contributed by atoms with Crippen LogP contribution in [0.5, 0.6) is 5.75 Å². The Morgan fingerprint density at radius 2 is 1.81 bits per heavy atom. The molecule has 0 spiro atoms. The summed E-state index contributed by atoms with van der Waals surface area (Å²) in [5, 5.41) is 0. The number of amides is 2. The van der Waals surface area contributed by atoms with Crippen LogP contribution in [0.25, 0.3) is 0 Å². The van der Waals surface area contributed by atoms with Crippen LogP contribution in [0, 0.1) is 0 Å². The Bertz CT molecular complexity index is 517. The number of rotatable bonds is 8. The molecule has 0 fully saturated rings. The SMILES string of the molecule is CN(CCC(N)=S)C(=O)CCOc1ccc(C(N)=O)cc1. The molecular formula is C14H19N3O3S. The first kappa shape index (κ1) is 16.9. The van der Waals surface area contributed by atoms with Gasteiger partial charge in [-0.3, -0.25) is 9.59 Å². The van der Waals surface area contributed by atoms with E-state index >= 15 is 0 Å². The Hall–Kier alpha value is -2.15. The van der Waals surface area contributed by atoms with Gasteiger partial charge in [-0.1, -0.05) is 12.2 Å². The Balaban J connectivity index is 2.34. The molecule has 0 unspecified atom stereocenters. The zero-order valence-electron chi connectivity index (χ0n) is 11.9. The molecule has 0 radical (unpaired) electrons. The van der Waals surface area contributed by atoms with Gasteiger partial charge < -0.3 is 21.1 Å². The maximum absolute atomic E-state index is 11.8. The summed E-state index contributed by atoms with van der Waals surface area (Å²) in [6.45, 7) is 0.758. The number of hydrogen-bond acceptors (Lipinski definition) is 4. The molecule has 0 aliphatic rings. The van der Waals surface area contributed by atoms with Gasteiger partial charge in [0.25, 0.3) is 0 Å². The normalized spacial score (nSPS) is 9.95. The number of nitrogens with zero attached hydrogens (tertiary/aromatic N) is 1. The van der Waals surface area contributed by atoms with Crippen molar-refractivity contribution in [2.45, 2.75) is 12.8 Å².